The molecule has 23 heavy (non-hydrogen) atoms. The molecule has 3 nitrogen and oxygen atoms in total. The lowest BCUT2D eigenvalue weighted by Crippen LogP contribution is -2.44. The van der Waals surface area contributed by atoms with Crippen molar-refractivity contribution in [2.24, 2.45) is 5.92 Å². The summed E-state index contributed by atoms with van der Waals surface area (Å²) in [5.41, 5.74) is 1.44. The molecule has 3 heteroatoms. The SMILES string of the molecule is CCCN(CCC)C(=O)CN1CCC(Cc2ccccc2)CC1. The van der Waals surface area contributed by atoms with Crippen molar-refractivity contribution in [1.29, 1.82) is 0 Å². The van der Waals surface area contributed by atoms with Gasteiger partial charge in [-0.25, -0.2) is 0 Å². The van der Waals surface area contributed by atoms with Crippen LogP contribution in [-0.2, 0) is 11.2 Å². The predicted molar refractivity (Wildman–Crippen MR) is 96.5 cm³/mol. The van der Waals surface area contributed by atoms with Gasteiger partial charge in [-0.05, 0) is 56.7 Å². The molecule has 0 aromatic heterocycles. The minimum atomic E-state index is 0.315. The first kappa shape index (κ1) is 18.0. The monoisotopic (exact) mass is 316 g/mol. The van der Waals surface area contributed by atoms with Crippen molar-refractivity contribution in [2.75, 3.05) is 32.7 Å². The number of rotatable bonds is 8. The van der Waals surface area contributed by atoms with Crippen molar-refractivity contribution in [3.05, 3.63) is 35.9 Å². The number of carbonyl (C=O) groups is 1. The van der Waals surface area contributed by atoms with Crippen LogP contribution in [0, 0.1) is 5.92 Å². The maximum atomic E-state index is 12.4. The Labute approximate surface area is 141 Å². The van der Waals surface area contributed by atoms with E-state index in [1.54, 1.807) is 0 Å². The molecule has 1 fully saturated rings. The lowest BCUT2D eigenvalue weighted by atomic mass is 9.90. The Morgan fingerprint density at radius 2 is 1.70 bits per heavy atom. The maximum Gasteiger partial charge on any atom is 0.236 e. The summed E-state index contributed by atoms with van der Waals surface area (Å²) >= 11 is 0. The summed E-state index contributed by atoms with van der Waals surface area (Å²) in [6, 6.07) is 10.8. The third kappa shape index (κ3) is 5.98. The van der Waals surface area contributed by atoms with Crippen LogP contribution >= 0.6 is 0 Å². The fourth-order valence-corrected chi connectivity index (χ4v) is 3.49. The second kappa shape index (κ2) is 9.71. The molecule has 1 amide bonds. The number of piperidine rings is 1. The topological polar surface area (TPSA) is 23.6 Å². The fraction of sp³-hybridized carbons (Fsp3) is 0.650. The van der Waals surface area contributed by atoms with E-state index in [9.17, 15) is 4.79 Å². The molecule has 1 aromatic rings. The van der Waals surface area contributed by atoms with Crippen LogP contribution in [-0.4, -0.2) is 48.4 Å². The molecule has 1 saturated heterocycles. The van der Waals surface area contributed by atoms with E-state index in [-0.39, 0.29) is 0 Å². The van der Waals surface area contributed by atoms with Crippen LogP contribution in [0.4, 0.5) is 0 Å². The smallest absolute Gasteiger partial charge is 0.236 e. The van der Waals surface area contributed by atoms with Crippen molar-refractivity contribution < 1.29 is 4.79 Å². The van der Waals surface area contributed by atoms with Gasteiger partial charge in [-0.2, -0.15) is 0 Å². The highest BCUT2D eigenvalue weighted by Crippen LogP contribution is 2.21. The van der Waals surface area contributed by atoms with Crippen LogP contribution in [0.25, 0.3) is 0 Å². The Hall–Kier alpha value is -1.35. The summed E-state index contributed by atoms with van der Waals surface area (Å²) in [6.07, 6.45) is 5.70. The molecular formula is C20H32N2O. The Kier molecular flexibility index (Phi) is 7.60. The van der Waals surface area contributed by atoms with Gasteiger partial charge in [-0.1, -0.05) is 44.2 Å². The van der Waals surface area contributed by atoms with Crippen molar-refractivity contribution in [1.82, 2.24) is 9.80 Å². The second-order valence-electron chi connectivity index (χ2n) is 6.79. The Morgan fingerprint density at radius 1 is 1.09 bits per heavy atom. The molecule has 1 aliphatic rings. The van der Waals surface area contributed by atoms with Gasteiger partial charge in [0.1, 0.15) is 0 Å². The first-order chi connectivity index (χ1) is 11.2. The molecule has 1 heterocycles. The zero-order chi connectivity index (χ0) is 16.5. The highest BCUT2D eigenvalue weighted by molar-refractivity contribution is 5.78. The molecule has 0 N–H and O–H groups in total. The molecule has 0 unspecified atom stereocenters. The van der Waals surface area contributed by atoms with Gasteiger partial charge in [0.2, 0.25) is 5.91 Å². The summed E-state index contributed by atoms with van der Waals surface area (Å²) < 4.78 is 0. The number of hydrogen-bond donors (Lipinski definition) is 0. The fourth-order valence-electron chi connectivity index (χ4n) is 3.49. The molecule has 1 aliphatic heterocycles. The molecule has 0 saturated carbocycles. The molecule has 0 aliphatic carbocycles. The number of carbonyl (C=O) groups excluding carboxylic acids is 1. The van der Waals surface area contributed by atoms with E-state index in [1.165, 1.54) is 24.8 Å². The molecule has 2 rings (SSSR count). The average Bonchev–Trinajstić information content (AvgIpc) is 2.57. The van der Waals surface area contributed by atoms with Gasteiger partial charge in [0.15, 0.2) is 0 Å². The van der Waals surface area contributed by atoms with Crippen LogP contribution < -0.4 is 0 Å². The molecule has 1 aromatic carbocycles. The first-order valence-corrected chi connectivity index (χ1v) is 9.27. The normalized spacial score (nSPS) is 16.4. The van der Waals surface area contributed by atoms with E-state index in [4.69, 9.17) is 0 Å². The van der Waals surface area contributed by atoms with E-state index >= 15 is 0 Å². The molecule has 0 atom stereocenters. The van der Waals surface area contributed by atoms with E-state index in [1.807, 2.05) is 4.90 Å². The van der Waals surface area contributed by atoms with Gasteiger partial charge in [0.05, 0.1) is 6.54 Å². The van der Waals surface area contributed by atoms with Crippen LogP contribution in [0.1, 0.15) is 45.1 Å². The van der Waals surface area contributed by atoms with Crippen molar-refractivity contribution in [3.8, 4) is 0 Å². The zero-order valence-corrected chi connectivity index (χ0v) is 14.8. The van der Waals surface area contributed by atoms with Gasteiger partial charge >= 0.3 is 0 Å². The van der Waals surface area contributed by atoms with Gasteiger partial charge in [0, 0.05) is 13.1 Å². The molecule has 0 spiro atoms. The zero-order valence-electron chi connectivity index (χ0n) is 14.8. The van der Waals surface area contributed by atoms with E-state index in [0.717, 1.165) is 44.9 Å². The third-order valence-electron chi connectivity index (χ3n) is 4.77. The number of hydrogen-bond acceptors (Lipinski definition) is 2. The van der Waals surface area contributed by atoms with Gasteiger partial charge in [-0.3, -0.25) is 9.69 Å². The lowest BCUT2D eigenvalue weighted by Gasteiger charge is -2.33. The largest absolute Gasteiger partial charge is 0.342 e. The van der Waals surface area contributed by atoms with Gasteiger partial charge in [0.25, 0.3) is 0 Å². The summed E-state index contributed by atoms with van der Waals surface area (Å²) in [5.74, 6) is 1.08. The summed E-state index contributed by atoms with van der Waals surface area (Å²) in [6.45, 7) is 8.83. The summed E-state index contributed by atoms with van der Waals surface area (Å²) in [4.78, 5) is 16.8. The number of amides is 1. The Bertz CT molecular complexity index is 446. The molecule has 0 radical (unpaired) electrons. The average molecular weight is 316 g/mol. The minimum Gasteiger partial charge on any atom is -0.342 e. The number of nitrogens with zero attached hydrogens (tertiary/aromatic N) is 2. The standard InChI is InChI=1S/C20H32N2O/c1-3-12-22(13-4-2)20(23)17-21-14-10-19(11-15-21)16-18-8-6-5-7-9-18/h5-9,19H,3-4,10-17H2,1-2H3. The van der Waals surface area contributed by atoms with E-state index in [2.05, 4.69) is 49.1 Å². The van der Waals surface area contributed by atoms with Crippen LogP contribution in [0.3, 0.4) is 0 Å². The lowest BCUT2D eigenvalue weighted by molar-refractivity contribution is -0.132. The molecule has 128 valence electrons. The van der Waals surface area contributed by atoms with Crippen LogP contribution in [0.2, 0.25) is 0 Å². The summed E-state index contributed by atoms with van der Waals surface area (Å²) in [5, 5.41) is 0. The second-order valence-corrected chi connectivity index (χ2v) is 6.79. The highest BCUT2D eigenvalue weighted by Gasteiger charge is 2.22. The number of benzene rings is 1. The third-order valence-corrected chi connectivity index (χ3v) is 4.77. The number of likely N-dealkylation sites (tertiary alicyclic amines) is 1. The van der Waals surface area contributed by atoms with Crippen molar-refractivity contribution in [3.63, 3.8) is 0 Å². The van der Waals surface area contributed by atoms with Gasteiger partial charge < -0.3 is 4.90 Å². The highest BCUT2D eigenvalue weighted by atomic mass is 16.2. The summed E-state index contributed by atoms with van der Waals surface area (Å²) in [7, 11) is 0. The molecular weight excluding hydrogens is 284 g/mol. The maximum absolute atomic E-state index is 12.4. The van der Waals surface area contributed by atoms with E-state index in [0.29, 0.717) is 12.5 Å². The molecule has 0 bridgehead atoms. The van der Waals surface area contributed by atoms with Gasteiger partial charge in [-0.15, -0.1) is 0 Å². The van der Waals surface area contributed by atoms with E-state index < -0.39 is 0 Å². The Morgan fingerprint density at radius 3 is 2.26 bits per heavy atom. The van der Waals surface area contributed by atoms with Crippen molar-refractivity contribution in [2.45, 2.75) is 46.0 Å². The van der Waals surface area contributed by atoms with Crippen LogP contribution in [0.15, 0.2) is 30.3 Å². The Balaban J connectivity index is 1.74. The first-order valence-electron chi connectivity index (χ1n) is 9.27. The quantitative estimate of drug-likeness (QED) is 0.732. The van der Waals surface area contributed by atoms with Crippen molar-refractivity contribution >= 4 is 5.91 Å². The van der Waals surface area contributed by atoms with Crippen LogP contribution in [0.5, 0.6) is 0 Å². The minimum absolute atomic E-state index is 0.315. The predicted octanol–water partition coefficient (Wildman–Crippen LogP) is 3.59.